The molecule has 4 N–H and O–H groups in total. The number of nitrogens with zero attached hydrogens (tertiary/aromatic N) is 3. The Kier molecular flexibility index (Phi) is 8.62. The van der Waals surface area contributed by atoms with E-state index in [1.54, 1.807) is 27.9 Å². The molecule has 37 heavy (non-hydrogen) atoms. The first-order valence-electron chi connectivity index (χ1n) is 12.4. The summed E-state index contributed by atoms with van der Waals surface area (Å²) < 4.78 is 12.4. The van der Waals surface area contributed by atoms with Gasteiger partial charge in [0, 0.05) is 19.4 Å². The molecular formula is C25H33N5O7. The van der Waals surface area contributed by atoms with Crippen LogP contribution >= 0.6 is 0 Å². The van der Waals surface area contributed by atoms with Crippen molar-refractivity contribution in [2.45, 2.75) is 56.9 Å². The molecule has 0 saturated carbocycles. The normalized spacial score (nSPS) is 19.7. The summed E-state index contributed by atoms with van der Waals surface area (Å²) in [5, 5.41) is 24.7. The summed E-state index contributed by atoms with van der Waals surface area (Å²) in [6.45, 7) is 0.732. The number of ether oxygens (including phenoxy) is 2. The van der Waals surface area contributed by atoms with E-state index in [-0.39, 0.29) is 49.3 Å². The monoisotopic (exact) mass is 515 g/mol. The molecule has 0 spiro atoms. The van der Waals surface area contributed by atoms with Crippen LogP contribution in [0.5, 0.6) is 5.75 Å². The maximum atomic E-state index is 12.9. The molecule has 1 aromatic carbocycles. The van der Waals surface area contributed by atoms with Gasteiger partial charge in [-0.3, -0.25) is 14.2 Å². The predicted molar refractivity (Wildman–Crippen MR) is 132 cm³/mol. The Balaban J connectivity index is 1.23. The number of nitrogens with one attached hydrogen (secondary N) is 2. The number of unbranched alkanes of at least 4 members (excludes halogenated alkanes) is 1. The standard InChI is InChI=1S/C25H33N5O7/c1-36-25(35)19(12-16-5-7-17(32)8-6-16)28-20(33)4-2-3-11-29-14-27-23-22(24(29)34)26-15-30(23)21-10-9-18(13-31)37-21/h5-8,15,18-19,21,27,31-32H,2-4,9-14H2,1H3,(H,28,33)/t18-,19?,21+/m0/s1. The maximum absolute atomic E-state index is 12.9. The second kappa shape index (κ2) is 12.1. The van der Waals surface area contributed by atoms with Crippen LogP contribution in [0.4, 0.5) is 5.82 Å². The van der Waals surface area contributed by atoms with Crippen molar-refractivity contribution in [3.05, 3.63) is 41.9 Å². The number of phenols is 1. The summed E-state index contributed by atoms with van der Waals surface area (Å²) in [5.41, 5.74) is 1.11. The lowest BCUT2D eigenvalue weighted by Gasteiger charge is -2.29. The van der Waals surface area contributed by atoms with Gasteiger partial charge in [0.2, 0.25) is 5.91 Å². The number of methoxy groups -OCH3 is 1. The lowest BCUT2D eigenvalue weighted by molar-refractivity contribution is -0.145. The van der Waals surface area contributed by atoms with Crippen LogP contribution in [-0.2, 0) is 25.5 Å². The first-order chi connectivity index (χ1) is 17.9. The Labute approximate surface area is 214 Å². The van der Waals surface area contributed by atoms with Crippen LogP contribution in [0.25, 0.3) is 0 Å². The Bertz CT molecular complexity index is 1100. The summed E-state index contributed by atoms with van der Waals surface area (Å²) >= 11 is 0. The number of esters is 1. The Morgan fingerprint density at radius 2 is 2.05 bits per heavy atom. The van der Waals surface area contributed by atoms with E-state index in [1.165, 1.54) is 19.2 Å². The van der Waals surface area contributed by atoms with Crippen LogP contribution in [0, 0.1) is 0 Å². The van der Waals surface area contributed by atoms with Crippen molar-refractivity contribution < 1.29 is 34.1 Å². The average molecular weight is 516 g/mol. The molecule has 0 aliphatic carbocycles. The van der Waals surface area contributed by atoms with Crippen molar-refractivity contribution >= 4 is 23.6 Å². The lowest BCUT2D eigenvalue weighted by Crippen LogP contribution is -2.43. The summed E-state index contributed by atoms with van der Waals surface area (Å²) in [5.74, 6) is -0.277. The fraction of sp³-hybridized carbons (Fsp3) is 0.520. The molecule has 1 aromatic heterocycles. The van der Waals surface area contributed by atoms with Crippen LogP contribution in [0.1, 0.15) is 54.4 Å². The average Bonchev–Trinajstić information content (AvgIpc) is 3.55. The van der Waals surface area contributed by atoms with Gasteiger partial charge in [0.25, 0.3) is 5.91 Å². The van der Waals surface area contributed by atoms with E-state index in [2.05, 4.69) is 15.6 Å². The molecular weight excluding hydrogens is 482 g/mol. The third kappa shape index (κ3) is 6.38. The minimum Gasteiger partial charge on any atom is -0.508 e. The number of phenolic OH excluding ortho intramolecular Hbond substituents is 1. The zero-order valence-electron chi connectivity index (χ0n) is 20.8. The van der Waals surface area contributed by atoms with Gasteiger partial charge in [0.05, 0.1) is 32.8 Å². The Morgan fingerprint density at radius 3 is 2.76 bits per heavy atom. The highest BCUT2D eigenvalue weighted by atomic mass is 16.5. The first-order valence-corrected chi connectivity index (χ1v) is 12.4. The molecule has 3 heterocycles. The summed E-state index contributed by atoms with van der Waals surface area (Å²) in [7, 11) is 1.27. The van der Waals surface area contributed by atoms with Crippen LogP contribution in [0.15, 0.2) is 30.6 Å². The summed E-state index contributed by atoms with van der Waals surface area (Å²) in [4.78, 5) is 43.5. The zero-order valence-corrected chi connectivity index (χ0v) is 20.8. The predicted octanol–water partition coefficient (Wildman–Crippen LogP) is 1.15. The number of carbonyl (C=O) groups is 3. The molecule has 3 atom stereocenters. The van der Waals surface area contributed by atoms with E-state index < -0.39 is 12.0 Å². The minimum absolute atomic E-state index is 0.0344. The van der Waals surface area contributed by atoms with E-state index >= 15 is 0 Å². The molecule has 1 saturated heterocycles. The number of aliphatic hydroxyl groups excluding tert-OH is 1. The van der Waals surface area contributed by atoms with Crippen molar-refractivity contribution in [2.75, 3.05) is 32.2 Å². The quantitative estimate of drug-likeness (QED) is 0.255. The molecule has 2 aliphatic rings. The van der Waals surface area contributed by atoms with E-state index in [0.717, 1.165) is 18.4 Å². The van der Waals surface area contributed by atoms with Crippen LogP contribution in [0.3, 0.4) is 0 Å². The van der Waals surface area contributed by atoms with E-state index in [4.69, 9.17) is 9.47 Å². The molecule has 12 heteroatoms. The van der Waals surface area contributed by atoms with Gasteiger partial charge in [0.15, 0.2) is 5.69 Å². The van der Waals surface area contributed by atoms with Crippen molar-refractivity contribution in [2.24, 2.45) is 0 Å². The smallest absolute Gasteiger partial charge is 0.328 e. The molecule has 200 valence electrons. The van der Waals surface area contributed by atoms with Crippen LogP contribution in [0.2, 0.25) is 0 Å². The highest BCUT2D eigenvalue weighted by Crippen LogP contribution is 2.33. The highest BCUT2D eigenvalue weighted by Gasteiger charge is 2.33. The second-order valence-corrected chi connectivity index (χ2v) is 9.20. The largest absolute Gasteiger partial charge is 0.508 e. The van der Waals surface area contributed by atoms with Crippen molar-refractivity contribution in [3.8, 4) is 5.75 Å². The number of hydrogen-bond acceptors (Lipinski definition) is 9. The molecule has 0 radical (unpaired) electrons. The number of anilines is 1. The van der Waals surface area contributed by atoms with Gasteiger partial charge in [-0.2, -0.15) is 0 Å². The van der Waals surface area contributed by atoms with Crippen molar-refractivity contribution in [3.63, 3.8) is 0 Å². The summed E-state index contributed by atoms with van der Waals surface area (Å²) in [6, 6.07) is 5.57. The van der Waals surface area contributed by atoms with Gasteiger partial charge < -0.3 is 35.2 Å². The number of carbonyl (C=O) groups excluding carboxylic acids is 3. The second-order valence-electron chi connectivity index (χ2n) is 9.20. The van der Waals surface area contributed by atoms with Crippen molar-refractivity contribution in [1.82, 2.24) is 19.8 Å². The van der Waals surface area contributed by atoms with Gasteiger partial charge in [-0.15, -0.1) is 0 Å². The molecule has 0 bridgehead atoms. The van der Waals surface area contributed by atoms with Crippen molar-refractivity contribution in [1.29, 1.82) is 0 Å². The zero-order chi connectivity index (χ0) is 26.4. The fourth-order valence-corrected chi connectivity index (χ4v) is 4.57. The number of aromatic hydroxyl groups is 1. The molecule has 2 amide bonds. The molecule has 4 rings (SSSR count). The number of rotatable bonds is 11. The number of imidazole rings is 1. The number of hydrogen-bond donors (Lipinski definition) is 4. The number of fused-ring (bicyclic) bond motifs is 1. The number of aliphatic hydroxyl groups is 1. The SMILES string of the molecule is COC(=O)C(Cc1ccc(O)cc1)NC(=O)CCCCN1CNc2c(ncn2[C@H]2CC[C@@H](CO)O2)C1=O. The topological polar surface area (TPSA) is 155 Å². The molecule has 1 unspecified atom stereocenters. The lowest BCUT2D eigenvalue weighted by atomic mass is 10.1. The third-order valence-corrected chi connectivity index (χ3v) is 6.60. The Morgan fingerprint density at radius 1 is 1.27 bits per heavy atom. The van der Waals surface area contributed by atoms with E-state index in [0.29, 0.717) is 37.6 Å². The summed E-state index contributed by atoms with van der Waals surface area (Å²) in [6.07, 6.45) is 4.18. The van der Waals surface area contributed by atoms with E-state index in [9.17, 15) is 24.6 Å². The number of benzene rings is 1. The van der Waals surface area contributed by atoms with Gasteiger partial charge in [0.1, 0.15) is 23.8 Å². The van der Waals surface area contributed by atoms with Crippen LogP contribution < -0.4 is 10.6 Å². The highest BCUT2D eigenvalue weighted by molar-refractivity contribution is 5.98. The molecule has 1 fully saturated rings. The number of amides is 2. The van der Waals surface area contributed by atoms with Gasteiger partial charge in [-0.05, 0) is 43.4 Å². The molecule has 2 aromatic rings. The fourth-order valence-electron chi connectivity index (χ4n) is 4.57. The molecule has 12 nitrogen and oxygen atoms in total. The first kappa shape index (κ1) is 26.4. The molecule has 2 aliphatic heterocycles. The maximum Gasteiger partial charge on any atom is 0.328 e. The van der Waals surface area contributed by atoms with Gasteiger partial charge in [-0.25, -0.2) is 9.78 Å². The Hall–Kier alpha value is -3.64. The van der Waals surface area contributed by atoms with Gasteiger partial charge >= 0.3 is 5.97 Å². The number of aromatic nitrogens is 2. The van der Waals surface area contributed by atoms with Crippen LogP contribution in [-0.4, -0.2) is 81.5 Å². The van der Waals surface area contributed by atoms with Gasteiger partial charge in [-0.1, -0.05) is 12.1 Å². The van der Waals surface area contributed by atoms with E-state index in [1.807, 2.05) is 0 Å². The third-order valence-electron chi connectivity index (χ3n) is 6.60. The minimum atomic E-state index is -0.833.